The Morgan fingerprint density at radius 1 is 1.19 bits per heavy atom. The summed E-state index contributed by atoms with van der Waals surface area (Å²) < 4.78 is 39.7. The van der Waals surface area contributed by atoms with Crippen molar-refractivity contribution in [3.8, 4) is 0 Å². The van der Waals surface area contributed by atoms with E-state index in [2.05, 4.69) is 0 Å². The van der Waals surface area contributed by atoms with Gasteiger partial charge in [0.15, 0.2) is 0 Å². The monoisotopic (exact) mass is 362 g/mol. The Morgan fingerprint density at radius 3 is 2.65 bits per heavy atom. The van der Waals surface area contributed by atoms with Gasteiger partial charge in [0, 0.05) is 24.3 Å². The maximum Gasteiger partial charge on any atom is 0.416 e. The Morgan fingerprint density at radius 2 is 1.92 bits per heavy atom. The normalized spacial score (nSPS) is 15.5. The predicted octanol–water partition coefficient (Wildman–Crippen LogP) is 4.76. The van der Waals surface area contributed by atoms with E-state index in [4.69, 9.17) is 5.73 Å². The molecule has 2 aromatic rings. The Balaban J connectivity index is 1.83. The van der Waals surface area contributed by atoms with Crippen molar-refractivity contribution in [3.05, 3.63) is 59.2 Å². The van der Waals surface area contributed by atoms with Crippen molar-refractivity contribution in [1.82, 2.24) is 0 Å². The fourth-order valence-electron chi connectivity index (χ4n) is 3.58. The van der Waals surface area contributed by atoms with Crippen LogP contribution in [0, 0.1) is 0 Å². The van der Waals surface area contributed by atoms with Crippen molar-refractivity contribution in [1.29, 1.82) is 0 Å². The molecule has 0 aliphatic carbocycles. The highest BCUT2D eigenvalue weighted by molar-refractivity contribution is 5.95. The number of nitrogens with zero attached hydrogens (tertiary/aromatic N) is 1. The standard InChI is InChI=1S/C20H21F3N2O/c1-13(14-6-2-3-8-16(14)20(21,22)23)12-19(26)25-11-5-7-15-17(24)9-4-10-18(15)25/h2-4,6,8-10,13H,5,7,11-12,24H2,1H3. The topological polar surface area (TPSA) is 46.3 Å². The molecule has 3 nitrogen and oxygen atoms in total. The van der Waals surface area contributed by atoms with Crippen molar-refractivity contribution in [2.45, 2.75) is 38.3 Å². The van der Waals surface area contributed by atoms with E-state index < -0.39 is 17.7 Å². The number of benzene rings is 2. The molecule has 0 radical (unpaired) electrons. The summed E-state index contributed by atoms with van der Waals surface area (Å²) in [6.45, 7) is 2.22. The first-order chi connectivity index (χ1) is 12.3. The van der Waals surface area contributed by atoms with Gasteiger partial charge in [0.2, 0.25) is 5.91 Å². The highest BCUT2D eigenvalue weighted by atomic mass is 19.4. The van der Waals surface area contributed by atoms with E-state index in [0.717, 1.165) is 30.2 Å². The fourth-order valence-corrected chi connectivity index (χ4v) is 3.58. The van der Waals surface area contributed by atoms with Crippen LogP contribution in [-0.4, -0.2) is 12.5 Å². The van der Waals surface area contributed by atoms with Gasteiger partial charge in [0.25, 0.3) is 0 Å². The molecule has 0 aromatic heterocycles. The average molecular weight is 362 g/mol. The van der Waals surface area contributed by atoms with Gasteiger partial charge >= 0.3 is 6.18 Å². The summed E-state index contributed by atoms with van der Waals surface area (Å²) in [5, 5.41) is 0. The summed E-state index contributed by atoms with van der Waals surface area (Å²) >= 11 is 0. The third-order valence-corrected chi connectivity index (χ3v) is 4.87. The molecule has 1 aliphatic heterocycles. The minimum atomic E-state index is -4.43. The van der Waals surface area contributed by atoms with Crippen molar-refractivity contribution in [2.24, 2.45) is 0 Å². The number of nitrogen functional groups attached to an aromatic ring is 1. The highest BCUT2D eigenvalue weighted by Crippen LogP contribution is 2.37. The minimum absolute atomic E-state index is 0.0152. The van der Waals surface area contributed by atoms with Crippen LogP contribution >= 0.6 is 0 Å². The molecule has 3 rings (SSSR count). The molecular formula is C20H21F3N2O. The lowest BCUT2D eigenvalue weighted by Gasteiger charge is -2.31. The van der Waals surface area contributed by atoms with Crippen molar-refractivity contribution < 1.29 is 18.0 Å². The molecule has 2 aromatic carbocycles. The number of hydrogen-bond donors (Lipinski definition) is 1. The molecule has 26 heavy (non-hydrogen) atoms. The zero-order valence-corrected chi connectivity index (χ0v) is 14.5. The summed E-state index contributed by atoms with van der Waals surface area (Å²) in [6.07, 6.45) is -2.82. The van der Waals surface area contributed by atoms with Crippen molar-refractivity contribution >= 4 is 17.3 Å². The molecule has 6 heteroatoms. The second-order valence-corrected chi connectivity index (χ2v) is 6.68. The lowest BCUT2D eigenvalue weighted by Crippen LogP contribution is -2.36. The first kappa shape index (κ1) is 18.3. The van der Waals surface area contributed by atoms with Crippen molar-refractivity contribution in [3.63, 3.8) is 0 Å². The Hall–Kier alpha value is -2.50. The molecule has 2 N–H and O–H groups in total. The number of halogens is 3. The summed E-state index contributed by atoms with van der Waals surface area (Å²) in [4.78, 5) is 14.5. The van der Waals surface area contributed by atoms with E-state index in [0.29, 0.717) is 12.2 Å². The third kappa shape index (κ3) is 3.54. The number of nitrogens with two attached hydrogens (primary N) is 1. The SMILES string of the molecule is CC(CC(=O)N1CCCc2c(N)cccc21)c1ccccc1C(F)(F)F. The minimum Gasteiger partial charge on any atom is -0.398 e. The van der Waals surface area contributed by atoms with E-state index in [1.807, 2.05) is 6.07 Å². The zero-order chi connectivity index (χ0) is 18.9. The smallest absolute Gasteiger partial charge is 0.398 e. The maximum absolute atomic E-state index is 13.2. The zero-order valence-electron chi connectivity index (χ0n) is 14.5. The molecule has 0 spiro atoms. The molecule has 0 fully saturated rings. The maximum atomic E-state index is 13.2. The average Bonchev–Trinajstić information content (AvgIpc) is 2.61. The lowest BCUT2D eigenvalue weighted by molar-refractivity contribution is -0.138. The first-order valence-corrected chi connectivity index (χ1v) is 8.63. The molecule has 1 aliphatic rings. The Bertz CT molecular complexity index is 817. The van der Waals surface area contributed by atoms with Crippen LogP contribution in [0.3, 0.4) is 0 Å². The quantitative estimate of drug-likeness (QED) is 0.800. The summed E-state index contributed by atoms with van der Waals surface area (Å²) in [6, 6.07) is 10.9. The number of fused-ring (bicyclic) bond motifs is 1. The second-order valence-electron chi connectivity index (χ2n) is 6.68. The summed E-state index contributed by atoms with van der Waals surface area (Å²) in [5.41, 5.74) is 7.84. The number of hydrogen-bond acceptors (Lipinski definition) is 2. The van der Waals surface area contributed by atoms with Crippen LogP contribution in [0.4, 0.5) is 24.5 Å². The van der Waals surface area contributed by atoms with Gasteiger partial charge in [-0.3, -0.25) is 4.79 Å². The fraction of sp³-hybridized carbons (Fsp3) is 0.350. The van der Waals surface area contributed by atoms with E-state index in [-0.39, 0.29) is 17.9 Å². The number of alkyl halides is 3. The predicted molar refractivity (Wildman–Crippen MR) is 96.0 cm³/mol. The van der Waals surface area contributed by atoms with E-state index >= 15 is 0 Å². The Labute approximate surface area is 150 Å². The Kier molecular flexibility index (Phi) is 4.94. The van der Waals surface area contributed by atoms with Crippen LogP contribution in [0.5, 0.6) is 0 Å². The van der Waals surface area contributed by atoms with Crippen LogP contribution < -0.4 is 10.6 Å². The first-order valence-electron chi connectivity index (χ1n) is 8.63. The number of amides is 1. The number of anilines is 2. The van der Waals surface area contributed by atoms with E-state index in [1.54, 1.807) is 30.0 Å². The van der Waals surface area contributed by atoms with Gasteiger partial charge in [-0.15, -0.1) is 0 Å². The molecule has 1 amide bonds. The van der Waals surface area contributed by atoms with E-state index in [9.17, 15) is 18.0 Å². The lowest BCUT2D eigenvalue weighted by atomic mass is 9.91. The van der Waals surface area contributed by atoms with Crippen LogP contribution in [0.1, 0.15) is 42.4 Å². The number of carbonyl (C=O) groups excluding carboxylic acids is 1. The molecule has 1 unspecified atom stereocenters. The van der Waals surface area contributed by atoms with Gasteiger partial charge in [-0.25, -0.2) is 0 Å². The van der Waals surface area contributed by atoms with Crippen molar-refractivity contribution in [2.75, 3.05) is 17.2 Å². The van der Waals surface area contributed by atoms with Gasteiger partial charge in [0.1, 0.15) is 0 Å². The van der Waals surface area contributed by atoms with Gasteiger partial charge in [-0.2, -0.15) is 13.2 Å². The molecule has 138 valence electrons. The summed E-state index contributed by atoms with van der Waals surface area (Å²) in [5.74, 6) is -0.715. The largest absolute Gasteiger partial charge is 0.416 e. The van der Waals surface area contributed by atoms with Gasteiger partial charge < -0.3 is 10.6 Å². The van der Waals surface area contributed by atoms with Gasteiger partial charge in [-0.1, -0.05) is 31.2 Å². The van der Waals surface area contributed by atoms with Crippen LogP contribution in [0.2, 0.25) is 0 Å². The molecule has 1 heterocycles. The second kappa shape index (κ2) is 7.02. The molecule has 0 saturated heterocycles. The van der Waals surface area contributed by atoms with E-state index in [1.165, 1.54) is 12.1 Å². The van der Waals surface area contributed by atoms with Crippen LogP contribution in [0.15, 0.2) is 42.5 Å². The molecule has 1 atom stereocenters. The number of carbonyl (C=O) groups is 1. The summed E-state index contributed by atoms with van der Waals surface area (Å²) in [7, 11) is 0. The highest BCUT2D eigenvalue weighted by Gasteiger charge is 2.35. The van der Waals surface area contributed by atoms with Gasteiger partial charge in [0.05, 0.1) is 5.56 Å². The molecule has 0 bridgehead atoms. The molecule has 0 saturated carbocycles. The number of rotatable bonds is 3. The van der Waals surface area contributed by atoms with Crippen LogP contribution in [0.25, 0.3) is 0 Å². The molecular weight excluding hydrogens is 341 g/mol. The van der Waals surface area contributed by atoms with Gasteiger partial charge in [-0.05, 0) is 48.1 Å². The van der Waals surface area contributed by atoms with Crippen LogP contribution in [-0.2, 0) is 17.4 Å². The third-order valence-electron chi connectivity index (χ3n) is 4.87.